The minimum Gasteiger partial charge on any atom is -0.493 e. The number of thiazole rings is 1. The number of aromatic nitrogens is 1. The fraction of sp³-hybridized carbons (Fsp3) is 0.229. The van der Waals surface area contributed by atoms with Crippen molar-refractivity contribution in [1.82, 2.24) is 4.98 Å². The van der Waals surface area contributed by atoms with Crippen LogP contribution in [0.25, 0.3) is 21.8 Å². The molecular formula is C35H35NO8S. The molecular weight excluding hydrogens is 594 g/mol. The third kappa shape index (κ3) is 7.66. The molecule has 0 bridgehead atoms. The van der Waals surface area contributed by atoms with Crippen molar-refractivity contribution in [3.63, 3.8) is 0 Å². The lowest BCUT2D eigenvalue weighted by Crippen LogP contribution is -2.10. The molecule has 2 N–H and O–H groups in total. The summed E-state index contributed by atoms with van der Waals surface area (Å²) in [4.78, 5) is 4.81. The highest BCUT2D eigenvalue weighted by Gasteiger charge is 2.15. The van der Waals surface area contributed by atoms with E-state index in [4.69, 9.17) is 33.4 Å². The number of aliphatic hydroxyl groups excluding tert-OH is 2. The molecule has 0 aliphatic heterocycles. The summed E-state index contributed by atoms with van der Waals surface area (Å²) >= 11 is 1.55. The lowest BCUT2D eigenvalue weighted by molar-refractivity contribution is 0.108. The van der Waals surface area contributed by atoms with Gasteiger partial charge in [-0.2, -0.15) is 0 Å². The number of aliphatic hydroxyl groups is 2. The Kier molecular flexibility index (Phi) is 10.4. The third-order valence-corrected chi connectivity index (χ3v) is 8.05. The summed E-state index contributed by atoms with van der Waals surface area (Å²) in [6.07, 6.45) is -1.66. The fourth-order valence-corrected chi connectivity index (χ4v) is 5.45. The van der Waals surface area contributed by atoms with Crippen LogP contribution in [0.3, 0.4) is 0 Å². The van der Waals surface area contributed by atoms with E-state index in [0.717, 1.165) is 21.8 Å². The van der Waals surface area contributed by atoms with Crippen LogP contribution in [0.2, 0.25) is 0 Å². The predicted molar refractivity (Wildman–Crippen MR) is 173 cm³/mol. The topological polar surface area (TPSA) is 109 Å². The van der Waals surface area contributed by atoms with Crippen molar-refractivity contribution in [3.05, 3.63) is 101 Å². The summed E-state index contributed by atoms with van der Waals surface area (Å²) in [5.74, 6) is 3.57. The predicted octanol–water partition coefficient (Wildman–Crippen LogP) is 6.74. The molecule has 0 amide bonds. The monoisotopic (exact) mass is 629 g/mol. The highest BCUT2D eigenvalue weighted by Crippen LogP contribution is 2.33. The van der Waals surface area contributed by atoms with E-state index in [0.29, 0.717) is 45.6 Å². The Morgan fingerprint density at radius 3 is 1.47 bits per heavy atom. The van der Waals surface area contributed by atoms with Gasteiger partial charge in [-0.05, 0) is 83.9 Å². The largest absolute Gasteiger partial charge is 0.493 e. The van der Waals surface area contributed by atoms with Crippen molar-refractivity contribution >= 4 is 11.3 Å². The Labute approximate surface area is 266 Å². The Morgan fingerprint density at radius 2 is 1.02 bits per heavy atom. The van der Waals surface area contributed by atoms with Crippen molar-refractivity contribution in [2.24, 2.45) is 0 Å². The molecule has 2 atom stereocenters. The van der Waals surface area contributed by atoms with Gasteiger partial charge in [-0.15, -0.1) is 11.3 Å². The van der Waals surface area contributed by atoms with Crippen LogP contribution in [0.1, 0.15) is 23.3 Å². The minimum atomic E-state index is -0.829. The van der Waals surface area contributed by atoms with Gasteiger partial charge in [0.1, 0.15) is 41.9 Å². The molecule has 0 aliphatic carbocycles. The summed E-state index contributed by atoms with van der Waals surface area (Å²) < 4.78 is 32.8. The molecule has 0 spiro atoms. The second kappa shape index (κ2) is 14.8. The molecule has 4 aromatic carbocycles. The van der Waals surface area contributed by atoms with Gasteiger partial charge in [0.15, 0.2) is 23.0 Å². The summed E-state index contributed by atoms with van der Waals surface area (Å²) in [5, 5.41) is 24.1. The van der Waals surface area contributed by atoms with E-state index in [9.17, 15) is 10.2 Å². The van der Waals surface area contributed by atoms with Crippen molar-refractivity contribution in [1.29, 1.82) is 0 Å². The SMILES string of the molecule is COc1ccc(C(O)COc2ccc(-c3csc(-c4ccc(OCC(O)c5ccc(OC)c(OC)c5)cc4)n3)cc2)cc1OC. The maximum Gasteiger partial charge on any atom is 0.161 e. The highest BCUT2D eigenvalue weighted by atomic mass is 32.1. The average molecular weight is 630 g/mol. The number of hydrogen-bond acceptors (Lipinski definition) is 10. The van der Waals surface area contributed by atoms with Crippen LogP contribution >= 0.6 is 11.3 Å². The van der Waals surface area contributed by atoms with Gasteiger partial charge in [0.2, 0.25) is 0 Å². The van der Waals surface area contributed by atoms with E-state index >= 15 is 0 Å². The maximum absolute atomic E-state index is 10.6. The average Bonchev–Trinajstić information content (AvgIpc) is 3.59. The first-order valence-corrected chi connectivity index (χ1v) is 15.0. The lowest BCUT2D eigenvalue weighted by atomic mass is 10.1. The van der Waals surface area contributed by atoms with Gasteiger partial charge < -0.3 is 38.6 Å². The van der Waals surface area contributed by atoms with Crippen molar-refractivity contribution < 1.29 is 38.6 Å². The van der Waals surface area contributed by atoms with E-state index in [1.807, 2.05) is 53.9 Å². The molecule has 10 heteroatoms. The van der Waals surface area contributed by atoms with Crippen molar-refractivity contribution in [3.8, 4) is 56.3 Å². The number of benzene rings is 4. The molecule has 5 rings (SSSR count). The van der Waals surface area contributed by atoms with Crippen LogP contribution < -0.4 is 28.4 Å². The van der Waals surface area contributed by atoms with Crippen LogP contribution in [0.15, 0.2) is 90.3 Å². The van der Waals surface area contributed by atoms with Gasteiger partial charge in [-0.25, -0.2) is 4.98 Å². The minimum absolute atomic E-state index is 0.0879. The summed E-state index contributed by atoms with van der Waals surface area (Å²) in [6.45, 7) is 0.176. The normalized spacial score (nSPS) is 12.2. The molecule has 2 unspecified atom stereocenters. The number of ether oxygens (including phenoxy) is 6. The molecule has 9 nitrogen and oxygen atoms in total. The van der Waals surface area contributed by atoms with E-state index < -0.39 is 12.2 Å². The second-order valence-corrected chi connectivity index (χ2v) is 10.8. The Hall–Kier alpha value is -4.77. The van der Waals surface area contributed by atoms with E-state index in [1.165, 1.54) is 0 Å². The van der Waals surface area contributed by atoms with Gasteiger partial charge >= 0.3 is 0 Å². The van der Waals surface area contributed by atoms with Crippen LogP contribution in [-0.2, 0) is 0 Å². The van der Waals surface area contributed by atoms with Gasteiger partial charge in [-0.3, -0.25) is 0 Å². The summed E-state index contributed by atoms with van der Waals surface area (Å²) in [6, 6.07) is 25.8. The molecule has 234 valence electrons. The quantitative estimate of drug-likeness (QED) is 0.138. The number of nitrogens with zero attached hydrogens (tertiary/aromatic N) is 1. The molecule has 0 fully saturated rings. The maximum atomic E-state index is 10.6. The summed E-state index contributed by atoms with van der Waals surface area (Å²) in [7, 11) is 6.25. The standard InChI is InChI=1S/C35H35NO8S/c1-39-31-15-9-24(17-33(31)41-3)29(37)19-43-26-11-5-22(6-12-26)28-21-45-35(36-28)23-7-13-27(14-8-23)44-20-30(38)25-10-16-32(40-2)34(18-25)42-4/h5-18,21,29-30,37-38H,19-20H2,1-4H3. The van der Waals surface area contributed by atoms with Crippen molar-refractivity contribution in [2.45, 2.75) is 12.2 Å². The Morgan fingerprint density at radius 1 is 0.578 bits per heavy atom. The van der Waals surface area contributed by atoms with E-state index in [2.05, 4.69) is 0 Å². The Bertz CT molecular complexity index is 1560. The zero-order valence-corrected chi connectivity index (χ0v) is 26.2. The zero-order valence-electron chi connectivity index (χ0n) is 25.4. The summed E-state index contributed by atoms with van der Waals surface area (Å²) in [5.41, 5.74) is 4.11. The van der Waals surface area contributed by atoms with Gasteiger partial charge in [0.05, 0.1) is 34.1 Å². The lowest BCUT2D eigenvalue weighted by Gasteiger charge is -2.15. The third-order valence-electron chi connectivity index (χ3n) is 7.16. The smallest absolute Gasteiger partial charge is 0.161 e. The van der Waals surface area contributed by atoms with Crippen LogP contribution in [0, 0.1) is 0 Å². The zero-order chi connectivity index (χ0) is 31.8. The molecule has 0 saturated carbocycles. The molecule has 1 heterocycles. The fourth-order valence-electron chi connectivity index (χ4n) is 4.62. The van der Waals surface area contributed by atoms with Crippen LogP contribution in [-0.4, -0.2) is 56.8 Å². The first kappa shape index (κ1) is 31.6. The molecule has 0 saturated heterocycles. The molecule has 0 radical (unpaired) electrons. The van der Waals surface area contributed by atoms with Gasteiger partial charge in [0.25, 0.3) is 0 Å². The van der Waals surface area contributed by atoms with E-state index in [-0.39, 0.29) is 13.2 Å². The number of hydrogen-bond donors (Lipinski definition) is 2. The first-order valence-electron chi connectivity index (χ1n) is 14.1. The van der Waals surface area contributed by atoms with Crippen LogP contribution in [0.5, 0.6) is 34.5 Å². The second-order valence-electron chi connectivity index (χ2n) is 9.97. The van der Waals surface area contributed by atoms with E-state index in [1.54, 1.807) is 76.2 Å². The highest BCUT2D eigenvalue weighted by molar-refractivity contribution is 7.13. The molecule has 45 heavy (non-hydrogen) atoms. The van der Waals surface area contributed by atoms with Crippen molar-refractivity contribution in [2.75, 3.05) is 41.7 Å². The molecule has 1 aromatic heterocycles. The number of rotatable bonds is 14. The van der Waals surface area contributed by atoms with Crippen LogP contribution in [0.4, 0.5) is 0 Å². The number of methoxy groups -OCH3 is 4. The Balaban J connectivity index is 1.15. The first-order chi connectivity index (χ1) is 21.9. The van der Waals surface area contributed by atoms with Gasteiger partial charge in [0, 0.05) is 16.5 Å². The van der Waals surface area contributed by atoms with Gasteiger partial charge in [-0.1, -0.05) is 12.1 Å². The molecule has 5 aromatic rings. The molecule has 0 aliphatic rings.